The van der Waals surface area contributed by atoms with E-state index >= 15 is 0 Å². The van der Waals surface area contributed by atoms with Gasteiger partial charge in [-0.3, -0.25) is 4.79 Å². The molecular formula is C6H8F6N2O. The minimum Gasteiger partial charge on any atom is -0.287 e. The van der Waals surface area contributed by atoms with Gasteiger partial charge in [-0.1, -0.05) is 0 Å². The van der Waals surface area contributed by atoms with Crippen molar-refractivity contribution >= 4 is 5.78 Å². The fourth-order valence-electron chi connectivity index (χ4n) is 0.702. The molecular weight excluding hydrogens is 230 g/mol. The van der Waals surface area contributed by atoms with Crippen LogP contribution in [0.3, 0.4) is 0 Å². The third-order valence-corrected chi connectivity index (χ3v) is 1.26. The number of carbonyl (C=O) groups is 1. The molecule has 1 N–H and O–H groups in total. The zero-order valence-electron chi connectivity index (χ0n) is 7.70. The molecule has 90 valence electrons. The van der Waals surface area contributed by atoms with Crippen LogP contribution in [-0.2, 0) is 4.79 Å². The lowest BCUT2D eigenvalue weighted by molar-refractivity contribution is -0.205. The molecule has 0 aromatic carbocycles. The molecule has 9 heteroatoms. The monoisotopic (exact) mass is 238 g/mol. The summed E-state index contributed by atoms with van der Waals surface area (Å²) in [5.74, 6) is -2.87. The topological polar surface area (TPSA) is 32.3 Å². The van der Waals surface area contributed by atoms with Gasteiger partial charge in [0, 0.05) is 14.1 Å². The zero-order valence-corrected chi connectivity index (χ0v) is 7.70. The Morgan fingerprint density at radius 1 is 1.13 bits per heavy atom. The molecule has 0 amide bonds. The van der Waals surface area contributed by atoms with Gasteiger partial charge in [-0.2, -0.15) is 26.3 Å². The molecule has 1 atom stereocenters. The van der Waals surface area contributed by atoms with Crippen LogP contribution in [0.15, 0.2) is 0 Å². The molecule has 0 heterocycles. The highest BCUT2D eigenvalue weighted by Gasteiger charge is 2.55. The highest BCUT2D eigenvalue weighted by Crippen LogP contribution is 2.27. The number of alkyl halides is 6. The molecule has 0 spiro atoms. The van der Waals surface area contributed by atoms with E-state index in [4.69, 9.17) is 0 Å². The number of hydrazine groups is 1. The van der Waals surface area contributed by atoms with E-state index in [1.807, 2.05) is 0 Å². The number of carbonyl (C=O) groups excluding carboxylic acids is 1. The molecule has 0 aromatic heterocycles. The largest absolute Gasteiger partial charge is 0.452 e. The fraction of sp³-hybridized carbons (Fsp3) is 0.833. The van der Waals surface area contributed by atoms with E-state index in [0.717, 1.165) is 14.1 Å². The fourth-order valence-corrected chi connectivity index (χ4v) is 0.702. The Morgan fingerprint density at radius 3 is 1.73 bits per heavy atom. The van der Waals surface area contributed by atoms with Gasteiger partial charge in [-0.05, 0) is 0 Å². The number of hydrogen-bond acceptors (Lipinski definition) is 3. The summed E-state index contributed by atoms with van der Waals surface area (Å²) in [6, 6.07) is -3.27. The van der Waals surface area contributed by atoms with Gasteiger partial charge in [0.2, 0.25) is 0 Å². The lowest BCUT2D eigenvalue weighted by Crippen LogP contribution is -2.56. The van der Waals surface area contributed by atoms with Crippen molar-refractivity contribution in [1.29, 1.82) is 0 Å². The molecule has 15 heavy (non-hydrogen) atoms. The Balaban J connectivity index is 4.89. The quantitative estimate of drug-likeness (QED) is 0.590. The van der Waals surface area contributed by atoms with Crippen LogP contribution in [0.1, 0.15) is 0 Å². The third-order valence-electron chi connectivity index (χ3n) is 1.26. The Bertz CT molecular complexity index is 233. The Morgan fingerprint density at radius 2 is 1.53 bits per heavy atom. The van der Waals surface area contributed by atoms with E-state index in [9.17, 15) is 31.1 Å². The van der Waals surface area contributed by atoms with E-state index in [2.05, 4.69) is 0 Å². The number of Topliss-reactive ketones (excluding diaryl/α,β-unsaturated/α-hetero) is 1. The normalized spacial score (nSPS) is 15.5. The second-order valence-electron chi connectivity index (χ2n) is 2.86. The first-order valence-corrected chi connectivity index (χ1v) is 3.57. The highest BCUT2D eigenvalue weighted by molar-refractivity contribution is 5.89. The minimum atomic E-state index is -5.52. The summed E-state index contributed by atoms with van der Waals surface area (Å²) in [6.45, 7) is 0. The van der Waals surface area contributed by atoms with Crippen LogP contribution in [0.2, 0.25) is 0 Å². The molecule has 0 fully saturated rings. The molecule has 0 aliphatic rings. The van der Waals surface area contributed by atoms with Crippen molar-refractivity contribution < 1.29 is 31.1 Å². The smallest absolute Gasteiger partial charge is 0.287 e. The predicted molar refractivity (Wildman–Crippen MR) is 37.7 cm³/mol. The minimum absolute atomic E-state index is 0.627. The van der Waals surface area contributed by atoms with Crippen LogP contribution in [0.5, 0.6) is 0 Å². The van der Waals surface area contributed by atoms with E-state index in [-0.39, 0.29) is 0 Å². The highest BCUT2D eigenvalue weighted by atomic mass is 19.4. The molecule has 0 aromatic rings. The van der Waals surface area contributed by atoms with Gasteiger partial charge in [0.15, 0.2) is 6.04 Å². The summed E-state index contributed by atoms with van der Waals surface area (Å²) in [7, 11) is 2.09. The Kier molecular flexibility index (Phi) is 4.11. The first-order chi connectivity index (χ1) is 6.46. The maximum Gasteiger partial charge on any atom is 0.452 e. The summed E-state index contributed by atoms with van der Waals surface area (Å²) >= 11 is 0. The van der Waals surface area contributed by atoms with Crippen molar-refractivity contribution in [2.75, 3.05) is 14.1 Å². The molecule has 0 aliphatic carbocycles. The molecule has 3 nitrogen and oxygen atoms in total. The van der Waals surface area contributed by atoms with E-state index in [0.29, 0.717) is 5.01 Å². The van der Waals surface area contributed by atoms with Gasteiger partial charge in [0.25, 0.3) is 5.78 Å². The van der Waals surface area contributed by atoms with Crippen LogP contribution in [0.4, 0.5) is 26.3 Å². The van der Waals surface area contributed by atoms with Crippen molar-refractivity contribution in [1.82, 2.24) is 10.4 Å². The van der Waals surface area contributed by atoms with Crippen molar-refractivity contribution in [2.24, 2.45) is 0 Å². The molecule has 0 saturated carbocycles. The van der Waals surface area contributed by atoms with Crippen molar-refractivity contribution in [3.8, 4) is 0 Å². The van der Waals surface area contributed by atoms with E-state index < -0.39 is 24.2 Å². The summed E-state index contributed by atoms with van der Waals surface area (Å²) in [5, 5.41) is 0.627. The Hall–Kier alpha value is -0.830. The van der Waals surface area contributed by atoms with Crippen LogP contribution in [0.25, 0.3) is 0 Å². The molecule has 0 radical (unpaired) electrons. The first kappa shape index (κ1) is 14.2. The standard InChI is InChI=1S/C6H8F6N2O/c1-14(2)13-3(5(7,8)9)4(15)6(10,11)12/h3,13H,1-2H3. The number of halogens is 6. The van der Waals surface area contributed by atoms with Gasteiger partial charge in [0.1, 0.15) is 0 Å². The molecule has 0 aliphatic heterocycles. The summed E-state index contributed by atoms with van der Waals surface area (Å²) in [5.41, 5.74) is 1.36. The maximum absolute atomic E-state index is 12.1. The molecule has 0 saturated heterocycles. The average molecular weight is 238 g/mol. The van der Waals surface area contributed by atoms with Gasteiger partial charge in [-0.15, -0.1) is 0 Å². The molecule has 1 unspecified atom stereocenters. The van der Waals surface area contributed by atoms with Crippen molar-refractivity contribution in [3.63, 3.8) is 0 Å². The number of nitrogens with zero attached hydrogens (tertiary/aromatic N) is 1. The average Bonchev–Trinajstić information content (AvgIpc) is 1.94. The van der Waals surface area contributed by atoms with Crippen molar-refractivity contribution in [2.45, 2.75) is 18.4 Å². The van der Waals surface area contributed by atoms with Gasteiger partial charge >= 0.3 is 12.4 Å². The lowest BCUT2D eigenvalue weighted by Gasteiger charge is -2.24. The SMILES string of the molecule is CN(C)NC(C(=O)C(F)(F)F)C(F)(F)F. The first-order valence-electron chi connectivity index (χ1n) is 3.57. The van der Waals surface area contributed by atoms with Crippen LogP contribution < -0.4 is 5.43 Å². The molecule has 0 rings (SSSR count). The summed E-state index contributed by atoms with van der Waals surface area (Å²) in [4.78, 5) is 10.4. The number of ketones is 1. The predicted octanol–water partition coefficient (Wildman–Crippen LogP) is 1.11. The van der Waals surface area contributed by atoms with Crippen LogP contribution in [-0.4, -0.2) is 43.3 Å². The van der Waals surface area contributed by atoms with Crippen LogP contribution in [0, 0.1) is 0 Å². The second kappa shape index (κ2) is 4.35. The molecule has 0 bridgehead atoms. The van der Waals surface area contributed by atoms with E-state index in [1.54, 1.807) is 0 Å². The van der Waals surface area contributed by atoms with Crippen LogP contribution >= 0.6 is 0 Å². The summed E-state index contributed by atoms with van der Waals surface area (Å²) in [6.07, 6.45) is -10.8. The zero-order chi connectivity index (χ0) is 12.4. The number of rotatable bonds is 3. The summed E-state index contributed by atoms with van der Waals surface area (Å²) < 4.78 is 71.5. The van der Waals surface area contributed by atoms with Gasteiger partial charge < -0.3 is 0 Å². The lowest BCUT2D eigenvalue weighted by atomic mass is 10.2. The third kappa shape index (κ3) is 4.47. The number of nitrogens with one attached hydrogen (secondary N) is 1. The van der Waals surface area contributed by atoms with E-state index in [1.165, 1.54) is 5.43 Å². The Labute approximate surface area is 81.0 Å². The van der Waals surface area contributed by atoms with Gasteiger partial charge in [-0.25, -0.2) is 10.4 Å². The van der Waals surface area contributed by atoms with Gasteiger partial charge in [0.05, 0.1) is 0 Å². The van der Waals surface area contributed by atoms with Crippen molar-refractivity contribution in [3.05, 3.63) is 0 Å². The maximum atomic E-state index is 12.1. The second-order valence-corrected chi connectivity index (χ2v) is 2.86. The number of hydrogen-bond donors (Lipinski definition) is 1.